The van der Waals surface area contributed by atoms with Gasteiger partial charge in [0.05, 0.1) is 18.8 Å². The number of fused-ring (bicyclic) bond motifs is 1. The standard InChI is InChI=1S/C27H30O15/c28-7-15-19(33)21(35)23(37)26(40-15)18-14(41-27-24(38)22(36)20(34)16(8-29)42-27)6-12(32)17-11(31)5-13(39-25(17)18)9-1-3-10(30)4-2-9/h1-6,15-16,19-24,26-30,32-38H,7-8H2/t15-,16-,19-,20-,21+,22-,23-,24-,26-,27-/m1/s1. The van der Waals surface area contributed by atoms with Crippen molar-refractivity contribution < 1.29 is 69.7 Å². The Bertz CT molecular complexity index is 1470. The molecule has 3 aromatic rings. The van der Waals surface area contributed by atoms with Crippen molar-refractivity contribution in [3.05, 3.63) is 52.2 Å². The minimum Gasteiger partial charge on any atom is -0.508 e. The van der Waals surface area contributed by atoms with Gasteiger partial charge in [-0.2, -0.15) is 0 Å². The normalized spacial score (nSPS) is 33.5. The van der Waals surface area contributed by atoms with Crippen molar-refractivity contribution in [1.29, 1.82) is 0 Å². The molecule has 2 aromatic carbocycles. The van der Waals surface area contributed by atoms with Gasteiger partial charge in [0.2, 0.25) is 6.29 Å². The zero-order chi connectivity index (χ0) is 30.5. The second-order valence-corrected chi connectivity index (χ2v) is 10.1. The summed E-state index contributed by atoms with van der Waals surface area (Å²) >= 11 is 0. The molecule has 2 fully saturated rings. The summed E-state index contributed by atoms with van der Waals surface area (Å²) in [5.41, 5.74) is -1.20. The lowest BCUT2D eigenvalue weighted by atomic mass is 9.89. The molecule has 228 valence electrons. The summed E-state index contributed by atoms with van der Waals surface area (Å²) in [6.07, 6.45) is -17.3. The minimum absolute atomic E-state index is 0.0669. The molecule has 15 heteroatoms. The third-order valence-electron chi connectivity index (χ3n) is 7.40. The molecule has 0 amide bonds. The molecule has 0 aliphatic carbocycles. The Balaban J connectivity index is 1.73. The van der Waals surface area contributed by atoms with E-state index in [9.17, 15) is 55.9 Å². The first-order chi connectivity index (χ1) is 20.0. The number of phenols is 2. The first kappa shape index (κ1) is 30.1. The van der Waals surface area contributed by atoms with Crippen molar-refractivity contribution in [1.82, 2.24) is 0 Å². The highest BCUT2D eigenvalue weighted by molar-refractivity contribution is 5.89. The molecule has 10 N–H and O–H groups in total. The van der Waals surface area contributed by atoms with E-state index in [-0.39, 0.29) is 17.1 Å². The maximum atomic E-state index is 13.2. The number of hydrogen-bond donors (Lipinski definition) is 10. The van der Waals surface area contributed by atoms with Crippen LogP contribution in [0.15, 0.2) is 45.6 Å². The van der Waals surface area contributed by atoms with Crippen molar-refractivity contribution in [2.75, 3.05) is 13.2 Å². The number of rotatable bonds is 6. The summed E-state index contributed by atoms with van der Waals surface area (Å²) < 4.78 is 22.9. The molecule has 0 unspecified atom stereocenters. The van der Waals surface area contributed by atoms with Gasteiger partial charge in [-0.05, 0) is 24.3 Å². The molecule has 15 nitrogen and oxygen atoms in total. The van der Waals surface area contributed by atoms with Gasteiger partial charge in [-0.15, -0.1) is 0 Å². The molecule has 0 spiro atoms. The average molecular weight is 595 g/mol. The minimum atomic E-state index is -1.92. The molecule has 2 aliphatic rings. The van der Waals surface area contributed by atoms with Crippen LogP contribution in [0.3, 0.4) is 0 Å². The molecule has 5 rings (SSSR count). The van der Waals surface area contributed by atoms with Crippen molar-refractivity contribution in [2.24, 2.45) is 0 Å². The highest BCUT2D eigenvalue weighted by Crippen LogP contribution is 2.45. The van der Waals surface area contributed by atoms with Gasteiger partial charge >= 0.3 is 0 Å². The van der Waals surface area contributed by atoms with Gasteiger partial charge < -0.3 is 69.7 Å². The summed E-state index contributed by atoms with van der Waals surface area (Å²) in [6.45, 7) is -1.58. The number of hydrogen-bond acceptors (Lipinski definition) is 15. The third kappa shape index (κ3) is 5.20. The number of benzene rings is 2. The second-order valence-electron chi connectivity index (χ2n) is 10.1. The topological polar surface area (TPSA) is 260 Å². The largest absolute Gasteiger partial charge is 0.508 e. The molecule has 0 saturated carbocycles. The van der Waals surface area contributed by atoms with Crippen LogP contribution < -0.4 is 10.2 Å². The number of phenolic OH excluding ortho intramolecular Hbond substituents is 2. The molecule has 2 aliphatic heterocycles. The zero-order valence-electron chi connectivity index (χ0n) is 21.7. The fourth-order valence-corrected chi connectivity index (χ4v) is 5.08. The van der Waals surface area contributed by atoms with Crippen molar-refractivity contribution >= 4 is 11.0 Å². The Kier molecular flexibility index (Phi) is 8.41. The first-order valence-corrected chi connectivity index (χ1v) is 12.9. The van der Waals surface area contributed by atoms with Crippen molar-refractivity contribution in [3.8, 4) is 28.6 Å². The summed E-state index contributed by atoms with van der Waals surface area (Å²) in [4.78, 5) is 13.2. The molecule has 1 aromatic heterocycles. The van der Waals surface area contributed by atoms with Gasteiger partial charge in [0.1, 0.15) is 83.3 Å². The third-order valence-corrected chi connectivity index (χ3v) is 7.40. The van der Waals surface area contributed by atoms with E-state index in [1.54, 1.807) is 0 Å². The quantitative estimate of drug-likeness (QED) is 0.142. The Hall–Kier alpha value is -3.35. The number of aliphatic hydroxyl groups is 8. The second kappa shape index (κ2) is 11.7. The van der Waals surface area contributed by atoms with Crippen LogP contribution in [0.2, 0.25) is 0 Å². The van der Waals surface area contributed by atoms with E-state index in [2.05, 4.69) is 0 Å². The van der Waals surface area contributed by atoms with Gasteiger partial charge in [0, 0.05) is 17.7 Å². The molecule has 10 atom stereocenters. The SMILES string of the molecule is O=c1cc(-c2ccc(O)cc2)oc2c([C@H]3O[C@H](CO)[C@@H](O)[C@H](O)[C@H]3O)c(O[C@@H]3O[C@H](CO)[C@@H](O)[C@@H](O)[C@H]3O)cc(O)c12. The highest BCUT2D eigenvalue weighted by Gasteiger charge is 2.48. The van der Waals surface area contributed by atoms with Gasteiger partial charge in [0.15, 0.2) is 11.0 Å². The molecule has 3 heterocycles. The van der Waals surface area contributed by atoms with E-state index in [4.69, 9.17) is 18.6 Å². The van der Waals surface area contributed by atoms with E-state index >= 15 is 0 Å². The molecular weight excluding hydrogens is 564 g/mol. The molecule has 0 bridgehead atoms. The predicted molar refractivity (Wildman–Crippen MR) is 138 cm³/mol. The van der Waals surface area contributed by atoms with Crippen LogP contribution in [0.1, 0.15) is 11.7 Å². The fraction of sp³-hybridized carbons (Fsp3) is 0.444. The summed E-state index contributed by atoms with van der Waals surface area (Å²) in [5.74, 6) is -1.29. The van der Waals surface area contributed by atoms with Gasteiger partial charge in [-0.3, -0.25) is 4.79 Å². The monoisotopic (exact) mass is 594 g/mol. The van der Waals surface area contributed by atoms with Crippen LogP contribution >= 0.6 is 0 Å². The summed E-state index contributed by atoms with van der Waals surface area (Å²) in [5, 5.41) is 102. The van der Waals surface area contributed by atoms with Gasteiger partial charge in [-0.1, -0.05) is 0 Å². The maximum Gasteiger partial charge on any atom is 0.229 e. The number of ether oxygens (including phenoxy) is 3. The van der Waals surface area contributed by atoms with Crippen molar-refractivity contribution in [3.63, 3.8) is 0 Å². The summed E-state index contributed by atoms with van der Waals surface area (Å²) in [7, 11) is 0. The van der Waals surface area contributed by atoms with E-state index in [0.717, 1.165) is 12.1 Å². The first-order valence-electron chi connectivity index (χ1n) is 12.9. The lowest BCUT2D eigenvalue weighted by molar-refractivity contribution is -0.278. The number of aliphatic hydroxyl groups excluding tert-OH is 8. The van der Waals surface area contributed by atoms with Crippen LogP contribution in [0.25, 0.3) is 22.3 Å². The van der Waals surface area contributed by atoms with E-state index in [0.29, 0.717) is 5.56 Å². The Morgan fingerprint density at radius 1 is 0.738 bits per heavy atom. The van der Waals surface area contributed by atoms with Gasteiger partial charge in [0.25, 0.3) is 0 Å². The van der Waals surface area contributed by atoms with Crippen LogP contribution in [-0.4, -0.2) is 119 Å². The molecular formula is C27H30O15. The van der Waals surface area contributed by atoms with Gasteiger partial charge in [-0.25, -0.2) is 0 Å². The van der Waals surface area contributed by atoms with Crippen LogP contribution in [-0.2, 0) is 9.47 Å². The van der Waals surface area contributed by atoms with Crippen LogP contribution in [0, 0.1) is 0 Å². The van der Waals surface area contributed by atoms with Crippen LogP contribution in [0.5, 0.6) is 17.2 Å². The van der Waals surface area contributed by atoms with E-state index in [1.165, 1.54) is 24.3 Å². The number of aromatic hydroxyl groups is 2. The zero-order valence-corrected chi connectivity index (χ0v) is 21.7. The lowest BCUT2D eigenvalue weighted by Gasteiger charge is -2.42. The lowest BCUT2D eigenvalue weighted by Crippen LogP contribution is -2.60. The average Bonchev–Trinajstić information content (AvgIpc) is 2.97. The van der Waals surface area contributed by atoms with E-state index < -0.39 is 102 Å². The Morgan fingerprint density at radius 3 is 1.95 bits per heavy atom. The van der Waals surface area contributed by atoms with Crippen molar-refractivity contribution in [2.45, 2.75) is 61.2 Å². The summed E-state index contributed by atoms with van der Waals surface area (Å²) in [6, 6.07) is 7.48. The fourth-order valence-electron chi connectivity index (χ4n) is 5.08. The smallest absolute Gasteiger partial charge is 0.229 e. The molecule has 42 heavy (non-hydrogen) atoms. The maximum absolute atomic E-state index is 13.2. The Morgan fingerprint density at radius 2 is 1.33 bits per heavy atom. The predicted octanol–water partition coefficient (Wildman–Crippen LogP) is -2.44. The Labute approximate surface area is 236 Å². The molecule has 0 radical (unpaired) electrons. The van der Waals surface area contributed by atoms with Crippen LogP contribution in [0.4, 0.5) is 0 Å². The van der Waals surface area contributed by atoms with E-state index in [1.807, 2.05) is 0 Å². The highest BCUT2D eigenvalue weighted by atomic mass is 16.7. The molecule has 2 saturated heterocycles.